The zero-order chi connectivity index (χ0) is 14.8. The van der Waals surface area contributed by atoms with Crippen LogP contribution in [0.3, 0.4) is 0 Å². The van der Waals surface area contributed by atoms with Crippen LogP contribution in [0.1, 0.15) is 17.3 Å². The summed E-state index contributed by atoms with van der Waals surface area (Å²) >= 11 is 11.6. The van der Waals surface area contributed by atoms with Gasteiger partial charge in [-0.1, -0.05) is 30.3 Å². The van der Waals surface area contributed by atoms with Gasteiger partial charge in [-0.25, -0.2) is 0 Å². The first-order chi connectivity index (χ1) is 9.50. The minimum Gasteiger partial charge on any atom is -0.506 e. The van der Waals surface area contributed by atoms with Gasteiger partial charge in [0.05, 0.1) is 11.1 Å². The summed E-state index contributed by atoms with van der Waals surface area (Å²) in [6.07, 6.45) is 0. The zero-order valence-electron chi connectivity index (χ0n) is 11.0. The van der Waals surface area contributed by atoms with Crippen LogP contribution in [0.4, 0.5) is 0 Å². The smallest absolute Gasteiger partial charge is 0.255 e. The summed E-state index contributed by atoms with van der Waals surface area (Å²) in [7, 11) is 0. The first-order valence-corrected chi connectivity index (χ1v) is 7.23. The number of rotatable bonds is 4. The first-order valence-electron chi connectivity index (χ1n) is 6.16. The van der Waals surface area contributed by atoms with Gasteiger partial charge in [0.25, 0.3) is 5.91 Å². The van der Waals surface area contributed by atoms with Crippen LogP contribution in [0.5, 0.6) is 5.75 Å². The van der Waals surface area contributed by atoms with Gasteiger partial charge in [0, 0.05) is 17.1 Å². The molecule has 0 aliphatic heterocycles. The van der Waals surface area contributed by atoms with Crippen molar-refractivity contribution in [3.05, 3.63) is 42.0 Å². The number of alkyl halides is 2. The average Bonchev–Trinajstić information content (AvgIpc) is 2.47. The highest BCUT2D eigenvalue weighted by atomic mass is 35.5. The van der Waals surface area contributed by atoms with Gasteiger partial charge in [-0.2, -0.15) is 0 Å². The van der Waals surface area contributed by atoms with Crippen molar-refractivity contribution >= 4 is 39.9 Å². The Kier molecular flexibility index (Phi) is 4.41. The topological polar surface area (TPSA) is 49.3 Å². The number of aromatic hydroxyl groups is 1. The van der Waals surface area contributed by atoms with Crippen LogP contribution < -0.4 is 5.32 Å². The third kappa shape index (κ3) is 2.84. The molecule has 106 valence electrons. The summed E-state index contributed by atoms with van der Waals surface area (Å²) in [5.74, 6) is -0.0446. The highest BCUT2D eigenvalue weighted by Gasteiger charge is 2.26. The van der Waals surface area contributed by atoms with E-state index in [1.54, 1.807) is 25.1 Å². The van der Waals surface area contributed by atoms with Gasteiger partial charge in [0.1, 0.15) is 5.75 Å². The fourth-order valence-corrected chi connectivity index (χ4v) is 2.30. The molecule has 1 amide bonds. The molecule has 20 heavy (non-hydrogen) atoms. The Morgan fingerprint density at radius 2 is 1.85 bits per heavy atom. The lowest BCUT2D eigenvalue weighted by atomic mass is 10.0. The van der Waals surface area contributed by atoms with Gasteiger partial charge in [-0.3, -0.25) is 4.79 Å². The van der Waals surface area contributed by atoms with E-state index in [4.69, 9.17) is 23.2 Å². The number of hydrogen-bond donors (Lipinski definition) is 2. The second-order valence-electron chi connectivity index (χ2n) is 4.96. The molecule has 2 aromatic carbocycles. The molecule has 0 atom stereocenters. The van der Waals surface area contributed by atoms with Gasteiger partial charge < -0.3 is 10.4 Å². The Bertz CT molecular complexity index is 639. The highest BCUT2D eigenvalue weighted by molar-refractivity contribution is 6.22. The molecule has 0 fully saturated rings. The highest BCUT2D eigenvalue weighted by Crippen LogP contribution is 2.28. The maximum Gasteiger partial charge on any atom is 0.255 e. The van der Waals surface area contributed by atoms with Crippen LogP contribution in [-0.4, -0.2) is 28.3 Å². The van der Waals surface area contributed by atoms with E-state index in [-0.39, 0.29) is 23.1 Å². The normalized spacial score (nSPS) is 11.6. The largest absolute Gasteiger partial charge is 0.506 e. The van der Waals surface area contributed by atoms with Crippen molar-refractivity contribution in [1.82, 2.24) is 5.32 Å². The number of halogens is 2. The minimum atomic E-state index is -0.710. The third-order valence-electron chi connectivity index (χ3n) is 3.15. The van der Waals surface area contributed by atoms with E-state index in [2.05, 4.69) is 5.32 Å². The molecule has 0 unspecified atom stereocenters. The summed E-state index contributed by atoms with van der Waals surface area (Å²) in [6.45, 7) is 1.75. The molecule has 0 aliphatic carbocycles. The lowest BCUT2D eigenvalue weighted by molar-refractivity contribution is 0.0919. The molecule has 0 aliphatic rings. The summed E-state index contributed by atoms with van der Waals surface area (Å²) in [4.78, 5) is 12.3. The molecule has 0 aromatic heterocycles. The number of phenols is 1. The van der Waals surface area contributed by atoms with Crippen LogP contribution in [0, 0.1) is 0 Å². The lowest BCUT2D eigenvalue weighted by Crippen LogP contribution is -2.49. The van der Waals surface area contributed by atoms with E-state index in [0.717, 1.165) is 5.39 Å². The van der Waals surface area contributed by atoms with Crippen molar-refractivity contribution in [2.75, 3.05) is 11.8 Å². The van der Waals surface area contributed by atoms with Crippen molar-refractivity contribution in [1.29, 1.82) is 0 Å². The van der Waals surface area contributed by atoms with Gasteiger partial charge in [0.2, 0.25) is 0 Å². The molecule has 0 spiro atoms. The van der Waals surface area contributed by atoms with Crippen molar-refractivity contribution in [3.63, 3.8) is 0 Å². The van der Waals surface area contributed by atoms with E-state index in [1.165, 1.54) is 0 Å². The maximum atomic E-state index is 12.3. The van der Waals surface area contributed by atoms with Crippen LogP contribution in [-0.2, 0) is 0 Å². The number of hydrogen-bond acceptors (Lipinski definition) is 2. The lowest BCUT2D eigenvalue weighted by Gasteiger charge is -2.26. The number of benzene rings is 2. The quantitative estimate of drug-likeness (QED) is 0.849. The van der Waals surface area contributed by atoms with Crippen LogP contribution >= 0.6 is 23.2 Å². The van der Waals surface area contributed by atoms with Crippen LogP contribution in [0.2, 0.25) is 0 Å². The molecule has 0 saturated heterocycles. The molecule has 2 rings (SSSR count). The molecular formula is C15H15Cl2NO2. The van der Waals surface area contributed by atoms with E-state index < -0.39 is 11.4 Å². The molecule has 0 saturated carbocycles. The number of nitrogens with one attached hydrogen (secondary N) is 1. The average molecular weight is 312 g/mol. The summed E-state index contributed by atoms with van der Waals surface area (Å²) in [5.41, 5.74) is -0.497. The molecule has 0 bridgehead atoms. The number of carbonyl (C=O) groups excluding carboxylic acids is 1. The second-order valence-corrected chi connectivity index (χ2v) is 5.50. The Morgan fingerprint density at radius 3 is 2.50 bits per heavy atom. The van der Waals surface area contributed by atoms with Crippen molar-refractivity contribution < 1.29 is 9.90 Å². The number of phenolic OH excluding ortho intramolecular Hbond substituents is 1. The predicted octanol–water partition coefficient (Wildman–Crippen LogP) is 3.51. The monoisotopic (exact) mass is 311 g/mol. The van der Waals surface area contributed by atoms with Gasteiger partial charge in [-0.05, 0) is 18.4 Å². The Hall–Kier alpha value is -1.45. The Balaban J connectivity index is 2.38. The summed E-state index contributed by atoms with van der Waals surface area (Å²) in [6, 6.07) is 10.7. The van der Waals surface area contributed by atoms with Crippen LogP contribution in [0.15, 0.2) is 36.4 Å². The zero-order valence-corrected chi connectivity index (χ0v) is 12.5. The predicted molar refractivity (Wildman–Crippen MR) is 82.9 cm³/mol. The number of fused-ring (bicyclic) bond motifs is 1. The summed E-state index contributed by atoms with van der Waals surface area (Å²) < 4.78 is 0. The fourth-order valence-electron chi connectivity index (χ4n) is 1.88. The SMILES string of the molecule is CC(CCl)(CCl)NC(=O)c1ccc2ccccc2c1O. The minimum absolute atomic E-state index is 0.0351. The molecular weight excluding hydrogens is 297 g/mol. The van der Waals surface area contributed by atoms with Crippen molar-refractivity contribution in [2.45, 2.75) is 12.5 Å². The summed E-state index contributed by atoms with van der Waals surface area (Å²) in [5, 5.41) is 14.5. The van der Waals surface area contributed by atoms with E-state index in [0.29, 0.717) is 5.39 Å². The van der Waals surface area contributed by atoms with E-state index in [9.17, 15) is 9.90 Å². The third-order valence-corrected chi connectivity index (χ3v) is 4.33. The number of carbonyl (C=O) groups is 1. The van der Waals surface area contributed by atoms with Gasteiger partial charge in [-0.15, -0.1) is 23.2 Å². The fraction of sp³-hybridized carbons (Fsp3) is 0.267. The molecule has 0 radical (unpaired) electrons. The van der Waals surface area contributed by atoms with Gasteiger partial charge in [0.15, 0.2) is 0 Å². The van der Waals surface area contributed by atoms with Gasteiger partial charge >= 0.3 is 0 Å². The molecule has 2 aromatic rings. The molecule has 5 heteroatoms. The van der Waals surface area contributed by atoms with Crippen LogP contribution in [0.25, 0.3) is 10.8 Å². The molecule has 0 heterocycles. The Morgan fingerprint density at radius 1 is 1.20 bits per heavy atom. The maximum absolute atomic E-state index is 12.3. The van der Waals surface area contributed by atoms with E-state index in [1.807, 2.05) is 18.2 Å². The second kappa shape index (κ2) is 5.90. The Labute approximate surface area is 127 Å². The van der Waals surface area contributed by atoms with E-state index >= 15 is 0 Å². The van der Waals surface area contributed by atoms with Crippen molar-refractivity contribution in [3.8, 4) is 5.75 Å². The molecule has 3 nitrogen and oxygen atoms in total. The first kappa shape index (κ1) is 14.9. The van der Waals surface area contributed by atoms with Crippen molar-refractivity contribution in [2.24, 2.45) is 0 Å². The number of amides is 1. The molecule has 2 N–H and O–H groups in total. The standard InChI is InChI=1S/C15H15Cl2NO2/c1-15(8-16,9-17)18-14(20)12-7-6-10-4-2-3-5-11(10)13(12)19/h2-7,19H,8-9H2,1H3,(H,18,20).